The maximum atomic E-state index is 6.53. The second-order valence-electron chi connectivity index (χ2n) is 11.9. The highest BCUT2D eigenvalue weighted by Crippen LogP contribution is 2.39. The summed E-state index contributed by atoms with van der Waals surface area (Å²) in [4.78, 5) is 0. The van der Waals surface area contributed by atoms with Gasteiger partial charge in [0.2, 0.25) is 0 Å². The molecule has 2 nitrogen and oxygen atoms in total. The van der Waals surface area contributed by atoms with Gasteiger partial charge < -0.3 is 9.16 Å². The molecule has 0 amide bonds. The minimum atomic E-state index is -1.81. The third-order valence-electron chi connectivity index (χ3n) is 7.49. The first-order valence-electron chi connectivity index (χ1n) is 13.9. The Morgan fingerprint density at radius 3 is 2.14 bits per heavy atom. The lowest BCUT2D eigenvalue weighted by Crippen LogP contribution is -2.43. The summed E-state index contributed by atoms with van der Waals surface area (Å²) >= 11 is 26.1. The molecule has 4 atom stereocenters. The van der Waals surface area contributed by atoms with Crippen LogP contribution in [0.15, 0.2) is 12.2 Å². The van der Waals surface area contributed by atoms with E-state index < -0.39 is 12.7 Å². The molecule has 0 bridgehead atoms. The predicted octanol–water partition coefficient (Wildman–Crippen LogP) is 10.8. The molecule has 1 saturated heterocycles. The lowest BCUT2D eigenvalue weighted by atomic mass is 10.1. The molecule has 1 aliphatic rings. The van der Waals surface area contributed by atoms with Crippen LogP contribution in [0.1, 0.15) is 111 Å². The maximum Gasteiger partial charge on any atom is 0.192 e. The van der Waals surface area contributed by atoms with Crippen LogP contribution < -0.4 is 0 Å². The zero-order valence-corrected chi connectivity index (χ0v) is 27.2. The lowest BCUT2D eigenvalue weighted by Gasteiger charge is -2.37. The highest BCUT2D eigenvalue weighted by molar-refractivity contribution is 6.74. The highest BCUT2D eigenvalue weighted by Gasteiger charge is 2.44. The van der Waals surface area contributed by atoms with Crippen molar-refractivity contribution in [1.82, 2.24) is 0 Å². The van der Waals surface area contributed by atoms with E-state index in [4.69, 9.17) is 55.6 Å². The van der Waals surface area contributed by atoms with E-state index in [0.717, 1.165) is 32.1 Å². The summed E-state index contributed by atoms with van der Waals surface area (Å²) in [6, 6.07) is 0. The van der Waals surface area contributed by atoms with Gasteiger partial charge >= 0.3 is 0 Å². The van der Waals surface area contributed by atoms with Crippen LogP contribution in [0.3, 0.4) is 0 Å². The van der Waals surface area contributed by atoms with Crippen molar-refractivity contribution in [2.45, 2.75) is 157 Å². The second-order valence-corrected chi connectivity index (χ2v) is 19.4. The average molecular weight is 591 g/mol. The van der Waals surface area contributed by atoms with Crippen molar-refractivity contribution < 1.29 is 9.16 Å². The minimum absolute atomic E-state index is 0.00407. The Labute approximate surface area is 238 Å². The molecule has 0 aromatic carbocycles. The number of hydrogen-bond donors (Lipinski definition) is 0. The quantitative estimate of drug-likeness (QED) is 0.0463. The van der Waals surface area contributed by atoms with E-state index >= 15 is 0 Å². The Kier molecular flexibility index (Phi) is 16.4. The molecule has 35 heavy (non-hydrogen) atoms. The first-order valence-corrected chi connectivity index (χ1v) is 18.5. The van der Waals surface area contributed by atoms with Gasteiger partial charge in [-0.3, -0.25) is 0 Å². The van der Waals surface area contributed by atoms with E-state index in [1.807, 2.05) is 0 Å². The molecule has 0 unspecified atom stereocenters. The van der Waals surface area contributed by atoms with Gasteiger partial charge in [0, 0.05) is 0 Å². The Morgan fingerprint density at radius 1 is 0.914 bits per heavy atom. The van der Waals surface area contributed by atoms with Crippen LogP contribution in [0.2, 0.25) is 18.1 Å². The summed E-state index contributed by atoms with van der Waals surface area (Å²) in [6.07, 6.45) is 19.6. The third kappa shape index (κ3) is 14.7. The van der Waals surface area contributed by atoms with Crippen molar-refractivity contribution in [3.63, 3.8) is 0 Å². The highest BCUT2D eigenvalue weighted by atomic mass is 35.5. The molecular formula is C28H52Cl4O2Si. The third-order valence-corrected chi connectivity index (χ3v) is 13.7. The molecule has 1 aliphatic heterocycles. The van der Waals surface area contributed by atoms with E-state index in [1.165, 1.54) is 51.4 Å². The number of epoxide rings is 1. The molecule has 0 aliphatic carbocycles. The zero-order chi connectivity index (χ0) is 26.5. The van der Waals surface area contributed by atoms with Crippen LogP contribution >= 0.6 is 46.4 Å². The molecule has 1 rings (SSSR count). The summed E-state index contributed by atoms with van der Waals surface area (Å²) in [7, 11) is -1.81. The van der Waals surface area contributed by atoms with Gasteiger partial charge in [0.15, 0.2) is 8.32 Å². The van der Waals surface area contributed by atoms with Gasteiger partial charge in [0.05, 0.1) is 17.4 Å². The zero-order valence-electron chi connectivity index (χ0n) is 23.2. The van der Waals surface area contributed by atoms with Crippen LogP contribution in [0.5, 0.6) is 0 Å². The summed E-state index contributed by atoms with van der Waals surface area (Å²) in [5.41, 5.74) is 0. The Morgan fingerprint density at radius 2 is 1.51 bits per heavy atom. The molecule has 0 aromatic rings. The molecule has 1 heterocycles. The van der Waals surface area contributed by atoms with Crippen molar-refractivity contribution in [2.75, 3.05) is 6.61 Å². The summed E-state index contributed by atoms with van der Waals surface area (Å²) in [5.74, 6) is 0. The molecule has 0 radical (unpaired) electrons. The lowest BCUT2D eigenvalue weighted by molar-refractivity contribution is 0.267. The van der Waals surface area contributed by atoms with Gasteiger partial charge in [-0.05, 0) is 43.8 Å². The van der Waals surface area contributed by atoms with E-state index in [-0.39, 0.29) is 28.0 Å². The van der Waals surface area contributed by atoms with Crippen molar-refractivity contribution in [3.05, 3.63) is 12.2 Å². The van der Waals surface area contributed by atoms with Gasteiger partial charge in [0.25, 0.3) is 0 Å². The number of allylic oxidation sites excluding steroid dienone is 1. The molecular weight excluding hydrogens is 538 g/mol. The topological polar surface area (TPSA) is 21.8 Å². The number of hydrogen-bond acceptors (Lipinski definition) is 2. The van der Waals surface area contributed by atoms with E-state index in [1.54, 1.807) is 0 Å². The summed E-state index contributed by atoms with van der Waals surface area (Å²) in [6.45, 7) is 13.8. The number of unbranched alkanes of at least 4 members (excludes halogenated alkanes) is 9. The Balaban J connectivity index is 2.04. The van der Waals surface area contributed by atoms with Crippen molar-refractivity contribution in [2.24, 2.45) is 0 Å². The Hall–Kier alpha value is 1.04. The van der Waals surface area contributed by atoms with Crippen molar-refractivity contribution >= 4 is 54.7 Å². The monoisotopic (exact) mass is 588 g/mol. The molecule has 7 heteroatoms. The number of alkyl halides is 4. The fourth-order valence-corrected chi connectivity index (χ4v) is 6.06. The van der Waals surface area contributed by atoms with Crippen LogP contribution in [-0.2, 0) is 9.16 Å². The van der Waals surface area contributed by atoms with E-state index in [2.05, 4.69) is 52.9 Å². The first kappa shape index (κ1) is 34.1. The van der Waals surface area contributed by atoms with Crippen molar-refractivity contribution in [1.29, 1.82) is 0 Å². The van der Waals surface area contributed by atoms with Gasteiger partial charge in [-0.2, -0.15) is 0 Å². The fourth-order valence-electron chi connectivity index (χ4n) is 3.84. The second kappa shape index (κ2) is 16.9. The summed E-state index contributed by atoms with van der Waals surface area (Å²) < 4.78 is 11.2. The number of rotatable bonds is 20. The fraction of sp³-hybridized carbons (Fsp3) is 0.929. The smallest absolute Gasteiger partial charge is 0.192 e. The van der Waals surface area contributed by atoms with Crippen LogP contribution in [0, 0.1) is 0 Å². The molecule has 1 fully saturated rings. The van der Waals surface area contributed by atoms with Crippen LogP contribution in [0.25, 0.3) is 0 Å². The molecule has 0 saturated carbocycles. The standard InChI is InChI=1S/C28H52Cl4O2Si/c1-7-8-9-16-19-23(29)25(30)26-24(34-26)20-17-14-12-10-11-13-15-18-21-28(31,32)22-33-35(5,6)27(2,3)4/h17,20,23-26H,7-16,18-19,21-22H2,1-6H3/b20-17-/t23-,24-,25-,26-/m1/s1. The van der Waals surface area contributed by atoms with Crippen LogP contribution in [0.4, 0.5) is 0 Å². The predicted molar refractivity (Wildman–Crippen MR) is 160 cm³/mol. The number of ether oxygens (including phenoxy) is 1. The van der Waals surface area contributed by atoms with Crippen molar-refractivity contribution in [3.8, 4) is 0 Å². The van der Waals surface area contributed by atoms with Gasteiger partial charge in [-0.1, -0.05) is 121 Å². The van der Waals surface area contributed by atoms with Gasteiger partial charge in [-0.25, -0.2) is 0 Å². The largest absolute Gasteiger partial charge is 0.414 e. The molecule has 0 N–H and O–H groups in total. The summed E-state index contributed by atoms with van der Waals surface area (Å²) in [5, 5.41) is 0.0860. The van der Waals surface area contributed by atoms with E-state index in [0.29, 0.717) is 6.61 Å². The van der Waals surface area contributed by atoms with Gasteiger partial charge in [-0.15, -0.1) is 23.2 Å². The number of halogens is 4. The minimum Gasteiger partial charge on any atom is -0.414 e. The Bertz CT molecular complexity index is 592. The molecule has 0 aromatic heterocycles. The first-order chi connectivity index (χ1) is 16.3. The maximum absolute atomic E-state index is 6.53. The molecule has 208 valence electrons. The SMILES string of the molecule is CCCCCC[C@@H](Cl)[C@@H](Cl)[C@@H]1O[C@@H]1/C=C\CCCCCCCCC(Cl)(Cl)CO[Si](C)(C)C(C)(C)C. The van der Waals surface area contributed by atoms with E-state index in [9.17, 15) is 0 Å². The normalized spacial score (nSPS) is 21.0. The molecule has 0 spiro atoms. The average Bonchev–Trinajstić information content (AvgIpc) is 3.55. The van der Waals surface area contributed by atoms with Gasteiger partial charge in [0.1, 0.15) is 16.5 Å². The van der Waals surface area contributed by atoms with Crippen LogP contribution in [-0.4, -0.2) is 42.2 Å².